The predicted octanol–water partition coefficient (Wildman–Crippen LogP) is 2.85. The highest BCUT2D eigenvalue weighted by atomic mass is 15.1. The first-order valence-electron chi connectivity index (χ1n) is 4.37. The third kappa shape index (κ3) is 3.22. The quantitative estimate of drug-likeness (QED) is 0.582. The molecule has 0 aliphatic rings. The molecule has 70 valence electrons. The number of hydrogen-bond acceptors (Lipinski definition) is 1. The zero-order chi connectivity index (χ0) is 9.78. The van der Waals surface area contributed by atoms with Crippen molar-refractivity contribution < 1.29 is 0 Å². The minimum absolute atomic E-state index is 0.126. The van der Waals surface area contributed by atoms with Crippen molar-refractivity contribution in [1.82, 2.24) is 4.90 Å². The van der Waals surface area contributed by atoms with Crippen molar-refractivity contribution in [2.24, 2.45) is 0 Å². The lowest BCUT2D eigenvalue weighted by Crippen LogP contribution is -2.39. The van der Waals surface area contributed by atoms with E-state index in [1.54, 1.807) is 0 Å². The summed E-state index contributed by atoms with van der Waals surface area (Å²) in [7, 11) is 4.20. The summed E-state index contributed by atoms with van der Waals surface area (Å²) in [6.07, 6.45) is 5.25. The average Bonchev–Trinajstić information content (AvgIpc) is 1.85. The van der Waals surface area contributed by atoms with Gasteiger partial charge in [-0.3, -0.25) is 0 Å². The Bertz CT molecular complexity index is 175. The SMILES string of the molecule is C=CCC(C)(C=C(C)C)N(C)C. The van der Waals surface area contributed by atoms with Crippen LogP contribution in [-0.2, 0) is 0 Å². The van der Waals surface area contributed by atoms with Crippen molar-refractivity contribution in [3.63, 3.8) is 0 Å². The van der Waals surface area contributed by atoms with Crippen molar-refractivity contribution in [2.45, 2.75) is 32.7 Å². The molecule has 0 bridgehead atoms. The molecule has 0 saturated heterocycles. The van der Waals surface area contributed by atoms with Crippen LogP contribution < -0.4 is 0 Å². The molecular formula is C11H21N. The van der Waals surface area contributed by atoms with Crippen LogP contribution in [0.2, 0.25) is 0 Å². The summed E-state index contributed by atoms with van der Waals surface area (Å²) in [6, 6.07) is 0. The second-order valence-corrected chi connectivity index (χ2v) is 3.97. The summed E-state index contributed by atoms with van der Waals surface area (Å²) in [5.41, 5.74) is 1.48. The van der Waals surface area contributed by atoms with Gasteiger partial charge in [0.1, 0.15) is 0 Å². The van der Waals surface area contributed by atoms with Gasteiger partial charge in [0.05, 0.1) is 0 Å². The number of allylic oxidation sites excluding steroid dienone is 1. The van der Waals surface area contributed by atoms with Crippen LogP contribution in [0.4, 0.5) is 0 Å². The second kappa shape index (κ2) is 4.46. The highest BCUT2D eigenvalue weighted by Crippen LogP contribution is 2.20. The molecule has 0 rings (SSSR count). The van der Waals surface area contributed by atoms with Crippen LogP contribution in [0.1, 0.15) is 27.2 Å². The molecule has 1 atom stereocenters. The van der Waals surface area contributed by atoms with Crippen molar-refractivity contribution in [3.8, 4) is 0 Å². The van der Waals surface area contributed by atoms with Crippen LogP contribution >= 0.6 is 0 Å². The van der Waals surface area contributed by atoms with Crippen LogP contribution in [-0.4, -0.2) is 24.5 Å². The summed E-state index contributed by atoms with van der Waals surface area (Å²) in [6.45, 7) is 10.3. The Morgan fingerprint density at radius 3 is 2.17 bits per heavy atom. The standard InChI is InChI=1S/C11H21N/c1-7-8-11(4,12(5)6)9-10(2)3/h7,9H,1,8H2,2-6H3. The highest BCUT2D eigenvalue weighted by Gasteiger charge is 2.21. The van der Waals surface area contributed by atoms with E-state index in [0.717, 1.165) is 6.42 Å². The van der Waals surface area contributed by atoms with Crippen LogP contribution in [0, 0.1) is 0 Å². The van der Waals surface area contributed by atoms with E-state index >= 15 is 0 Å². The van der Waals surface area contributed by atoms with Gasteiger partial charge in [0.25, 0.3) is 0 Å². The molecule has 0 saturated carbocycles. The second-order valence-electron chi connectivity index (χ2n) is 3.97. The number of rotatable bonds is 4. The van der Waals surface area contributed by atoms with E-state index in [1.807, 2.05) is 6.08 Å². The van der Waals surface area contributed by atoms with Crippen molar-refractivity contribution in [1.29, 1.82) is 0 Å². The van der Waals surface area contributed by atoms with Gasteiger partial charge < -0.3 is 4.90 Å². The Morgan fingerprint density at radius 1 is 1.42 bits per heavy atom. The normalized spacial score (nSPS) is 15.5. The molecule has 1 nitrogen and oxygen atoms in total. The summed E-state index contributed by atoms with van der Waals surface area (Å²) < 4.78 is 0. The maximum absolute atomic E-state index is 3.78. The molecule has 0 aromatic carbocycles. The molecule has 0 radical (unpaired) electrons. The van der Waals surface area contributed by atoms with Gasteiger partial charge in [-0.2, -0.15) is 0 Å². The monoisotopic (exact) mass is 167 g/mol. The summed E-state index contributed by atoms with van der Waals surface area (Å²) >= 11 is 0. The van der Waals surface area contributed by atoms with Gasteiger partial charge in [0.2, 0.25) is 0 Å². The molecule has 0 aliphatic carbocycles. The maximum Gasteiger partial charge on any atom is 0.0393 e. The van der Waals surface area contributed by atoms with E-state index in [4.69, 9.17) is 0 Å². The smallest absolute Gasteiger partial charge is 0.0393 e. The zero-order valence-electron chi connectivity index (χ0n) is 9.02. The zero-order valence-corrected chi connectivity index (χ0v) is 9.02. The Hall–Kier alpha value is -0.560. The van der Waals surface area contributed by atoms with Crippen LogP contribution in [0.25, 0.3) is 0 Å². The third-order valence-corrected chi connectivity index (χ3v) is 2.18. The van der Waals surface area contributed by atoms with Crippen molar-refractivity contribution >= 4 is 0 Å². The fourth-order valence-corrected chi connectivity index (χ4v) is 1.28. The van der Waals surface area contributed by atoms with Gasteiger partial charge in [-0.05, 0) is 41.3 Å². The van der Waals surface area contributed by atoms with Gasteiger partial charge in [-0.25, -0.2) is 0 Å². The third-order valence-electron chi connectivity index (χ3n) is 2.18. The van der Waals surface area contributed by atoms with Crippen molar-refractivity contribution in [2.75, 3.05) is 14.1 Å². The van der Waals surface area contributed by atoms with E-state index in [9.17, 15) is 0 Å². The molecule has 0 aliphatic heterocycles. The number of likely N-dealkylation sites (N-methyl/N-ethyl adjacent to an activating group) is 1. The lowest BCUT2D eigenvalue weighted by molar-refractivity contribution is 0.231. The van der Waals surface area contributed by atoms with Crippen LogP contribution in [0.5, 0.6) is 0 Å². The van der Waals surface area contributed by atoms with E-state index in [0.29, 0.717) is 0 Å². The minimum Gasteiger partial charge on any atom is -0.300 e. The molecule has 0 fully saturated rings. The van der Waals surface area contributed by atoms with E-state index in [2.05, 4.69) is 52.4 Å². The molecule has 0 spiro atoms. The first-order chi connectivity index (χ1) is 5.42. The molecule has 0 heterocycles. The molecule has 0 N–H and O–H groups in total. The minimum atomic E-state index is 0.126. The Labute approximate surface area is 76.8 Å². The maximum atomic E-state index is 3.78. The first kappa shape index (κ1) is 11.4. The molecule has 0 aromatic heterocycles. The predicted molar refractivity (Wildman–Crippen MR) is 56.3 cm³/mol. The Morgan fingerprint density at radius 2 is 1.92 bits per heavy atom. The fourth-order valence-electron chi connectivity index (χ4n) is 1.28. The van der Waals surface area contributed by atoms with Gasteiger partial charge in [-0.1, -0.05) is 17.7 Å². The number of hydrogen-bond donors (Lipinski definition) is 0. The van der Waals surface area contributed by atoms with E-state index in [1.165, 1.54) is 5.57 Å². The average molecular weight is 167 g/mol. The lowest BCUT2D eigenvalue weighted by Gasteiger charge is -2.33. The molecule has 1 heteroatoms. The lowest BCUT2D eigenvalue weighted by atomic mass is 9.94. The fraction of sp³-hybridized carbons (Fsp3) is 0.636. The van der Waals surface area contributed by atoms with Crippen LogP contribution in [0.3, 0.4) is 0 Å². The highest BCUT2D eigenvalue weighted by molar-refractivity contribution is 5.11. The van der Waals surface area contributed by atoms with Gasteiger partial charge >= 0.3 is 0 Å². The molecule has 1 unspecified atom stereocenters. The Kier molecular flexibility index (Phi) is 4.25. The molecule has 0 amide bonds. The van der Waals surface area contributed by atoms with Gasteiger partial charge in [-0.15, -0.1) is 6.58 Å². The molecule has 12 heavy (non-hydrogen) atoms. The Balaban J connectivity index is 4.61. The summed E-state index contributed by atoms with van der Waals surface area (Å²) in [5.74, 6) is 0. The van der Waals surface area contributed by atoms with E-state index in [-0.39, 0.29) is 5.54 Å². The summed E-state index contributed by atoms with van der Waals surface area (Å²) in [5, 5.41) is 0. The van der Waals surface area contributed by atoms with Gasteiger partial charge in [0, 0.05) is 5.54 Å². The number of nitrogens with zero attached hydrogens (tertiary/aromatic N) is 1. The molecule has 0 aromatic rings. The molecular weight excluding hydrogens is 146 g/mol. The topological polar surface area (TPSA) is 3.24 Å². The van der Waals surface area contributed by atoms with Crippen LogP contribution in [0.15, 0.2) is 24.3 Å². The largest absolute Gasteiger partial charge is 0.300 e. The summed E-state index contributed by atoms with van der Waals surface area (Å²) in [4.78, 5) is 2.22. The first-order valence-corrected chi connectivity index (χ1v) is 4.37. The van der Waals surface area contributed by atoms with Gasteiger partial charge in [0.15, 0.2) is 0 Å². The van der Waals surface area contributed by atoms with Crippen molar-refractivity contribution in [3.05, 3.63) is 24.3 Å². The van der Waals surface area contributed by atoms with E-state index < -0.39 is 0 Å².